The average Bonchev–Trinajstić information content (AvgIpc) is 3.32. The molecule has 2 aromatic carbocycles. The van der Waals surface area contributed by atoms with E-state index in [0.717, 1.165) is 32.5 Å². The lowest BCUT2D eigenvalue weighted by Crippen LogP contribution is -2.01. The van der Waals surface area contributed by atoms with Gasteiger partial charge in [-0.3, -0.25) is 5.10 Å². The first-order valence-corrected chi connectivity index (χ1v) is 9.10. The van der Waals surface area contributed by atoms with Gasteiger partial charge < -0.3 is 10.6 Å². The first-order valence-electron chi connectivity index (χ1n) is 8.23. The Bertz CT molecular complexity index is 1240. The quantitative estimate of drug-likeness (QED) is 0.402. The van der Waals surface area contributed by atoms with Gasteiger partial charge in [-0.05, 0) is 53.9 Å². The van der Waals surface area contributed by atoms with Crippen LogP contribution >= 0.6 is 11.3 Å². The standard InChI is InChI=1S/C19H13FN6S/c20-12-1-3-13(4-2-12)23-19-24-16-7-8-27-17(16)18(25-19)22-14-5-6-15-11(9-14)10-21-26-15/h1-10H,(H,21,26)(H2,22,23,24,25). The summed E-state index contributed by atoms with van der Waals surface area (Å²) >= 11 is 1.57. The Kier molecular flexibility index (Phi) is 3.68. The molecular weight excluding hydrogens is 363 g/mol. The largest absolute Gasteiger partial charge is 0.339 e. The first-order chi connectivity index (χ1) is 13.2. The molecule has 0 atom stereocenters. The van der Waals surface area contributed by atoms with Gasteiger partial charge in [-0.25, -0.2) is 9.37 Å². The molecule has 8 heteroatoms. The molecule has 0 amide bonds. The molecule has 0 aliphatic rings. The zero-order chi connectivity index (χ0) is 18.2. The number of fused-ring (bicyclic) bond motifs is 2. The maximum Gasteiger partial charge on any atom is 0.229 e. The molecule has 0 radical (unpaired) electrons. The molecule has 0 aliphatic heterocycles. The number of hydrogen-bond acceptors (Lipinski definition) is 6. The normalized spacial score (nSPS) is 11.1. The number of nitrogens with zero attached hydrogens (tertiary/aromatic N) is 3. The lowest BCUT2D eigenvalue weighted by molar-refractivity contribution is 0.628. The van der Waals surface area contributed by atoms with Crippen LogP contribution in [0.3, 0.4) is 0 Å². The number of anilines is 4. The van der Waals surface area contributed by atoms with Gasteiger partial charge in [0, 0.05) is 16.8 Å². The zero-order valence-electron chi connectivity index (χ0n) is 13.9. The van der Waals surface area contributed by atoms with E-state index in [-0.39, 0.29) is 5.82 Å². The van der Waals surface area contributed by atoms with Crippen LogP contribution in [0.2, 0.25) is 0 Å². The molecule has 0 bridgehead atoms. The van der Waals surface area contributed by atoms with E-state index in [2.05, 4.69) is 30.8 Å². The van der Waals surface area contributed by atoms with Crippen molar-refractivity contribution in [1.82, 2.24) is 20.2 Å². The third-order valence-corrected chi connectivity index (χ3v) is 5.02. The number of H-pyrrole nitrogens is 1. The van der Waals surface area contributed by atoms with Gasteiger partial charge in [0.2, 0.25) is 5.95 Å². The molecule has 0 fully saturated rings. The number of aromatic nitrogens is 4. The smallest absolute Gasteiger partial charge is 0.229 e. The fourth-order valence-electron chi connectivity index (χ4n) is 2.82. The number of thiophene rings is 1. The summed E-state index contributed by atoms with van der Waals surface area (Å²) in [4.78, 5) is 9.15. The molecule has 0 spiro atoms. The maximum atomic E-state index is 13.1. The van der Waals surface area contributed by atoms with Gasteiger partial charge in [0.1, 0.15) is 5.82 Å². The van der Waals surface area contributed by atoms with Gasteiger partial charge in [-0.2, -0.15) is 10.1 Å². The molecule has 3 aromatic heterocycles. The summed E-state index contributed by atoms with van der Waals surface area (Å²) in [5.74, 6) is 0.869. The van der Waals surface area contributed by atoms with Crippen LogP contribution in [0, 0.1) is 5.82 Å². The fraction of sp³-hybridized carbons (Fsp3) is 0. The van der Waals surface area contributed by atoms with E-state index in [0.29, 0.717) is 11.8 Å². The van der Waals surface area contributed by atoms with Crippen molar-refractivity contribution in [2.75, 3.05) is 10.6 Å². The van der Waals surface area contributed by atoms with Gasteiger partial charge in [-0.15, -0.1) is 11.3 Å². The Morgan fingerprint density at radius 3 is 2.67 bits per heavy atom. The summed E-state index contributed by atoms with van der Waals surface area (Å²) in [5, 5.41) is 16.5. The van der Waals surface area contributed by atoms with E-state index < -0.39 is 0 Å². The number of benzene rings is 2. The Hall–Kier alpha value is -3.52. The molecule has 27 heavy (non-hydrogen) atoms. The molecule has 5 rings (SSSR count). The SMILES string of the molecule is Fc1ccc(Nc2nc(Nc3ccc4[nH]ncc4c3)c3sccc3n2)cc1. The molecule has 0 unspecified atom stereocenters. The van der Waals surface area contributed by atoms with Crippen molar-refractivity contribution >= 4 is 55.6 Å². The molecule has 0 saturated carbocycles. The Morgan fingerprint density at radius 2 is 1.78 bits per heavy atom. The summed E-state index contributed by atoms with van der Waals surface area (Å²) in [6.07, 6.45) is 1.78. The lowest BCUT2D eigenvalue weighted by Gasteiger charge is -2.10. The van der Waals surface area contributed by atoms with Gasteiger partial charge in [0.15, 0.2) is 5.82 Å². The topological polar surface area (TPSA) is 78.5 Å². The molecule has 3 N–H and O–H groups in total. The highest BCUT2D eigenvalue weighted by atomic mass is 32.1. The highest BCUT2D eigenvalue weighted by Crippen LogP contribution is 2.31. The molecule has 3 heterocycles. The summed E-state index contributed by atoms with van der Waals surface area (Å²) < 4.78 is 14.1. The zero-order valence-corrected chi connectivity index (χ0v) is 14.7. The number of nitrogens with one attached hydrogen (secondary N) is 3. The molecule has 0 saturated heterocycles. The third kappa shape index (κ3) is 3.06. The number of aromatic amines is 1. The second kappa shape index (κ2) is 6.33. The predicted octanol–water partition coefficient (Wildman–Crippen LogP) is 5.19. The molecular formula is C19H13FN6S. The Morgan fingerprint density at radius 1 is 0.926 bits per heavy atom. The van der Waals surface area contributed by atoms with E-state index >= 15 is 0 Å². The third-order valence-electron chi connectivity index (χ3n) is 4.11. The van der Waals surface area contributed by atoms with Crippen molar-refractivity contribution in [3.05, 3.63) is 65.9 Å². The second-order valence-corrected chi connectivity index (χ2v) is 6.88. The van der Waals surface area contributed by atoms with Crippen LogP contribution in [0.15, 0.2) is 60.1 Å². The van der Waals surface area contributed by atoms with Crippen LogP contribution in [0.4, 0.5) is 27.5 Å². The van der Waals surface area contributed by atoms with E-state index in [1.165, 1.54) is 12.1 Å². The minimum atomic E-state index is -0.285. The van der Waals surface area contributed by atoms with Crippen molar-refractivity contribution < 1.29 is 4.39 Å². The molecule has 132 valence electrons. The highest BCUT2D eigenvalue weighted by Gasteiger charge is 2.10. The van der Waals surface area contributed by atoms with E-state index in [4.69, 9.17) is 0 Å². The Labute approximate surface area is 157 Å². The van der Waals surface area contributed by atoms with Crippen molar-refractivity contribution in [1.29, 1.82) is 0 Å². The van der Waals surface area contributed by atoms with Gasteiger partial charge >= 0.3 is 0 Å². The average molecular weight is 376 g/mol. The minimum absolute atomic E-state index is 0.285. The number of halogens is 1. The van der Waals surface area contributed by atoms with Crippen LogP contribution in [0.25, 0.3) is 21.1 Å². The van der Waals surface area contributed by atoms with Gasteiger partial charge in [0.05, 0.1) is 21.9 Å². The van der Waals surface area contributed by atoms with Crippen LogP contribution in [0.5, 0.6) is 0 Å². The summed E-state index contributed by atoms with van der Waals surface area (Å²) in [6.45, 7) is 0. The van der Waals surface area contributed by atoms with Crippen LogP contribution < -0.4 is 10.6 Å². The molecule has 0 aliphatic carbocycles. The summed E-state index contributed by atoms with van der Waals surface area (Å²) in [6, 6.07) is 14.0. The van der Waals surface area contributed by atoms with E-state index in [1.807, 2.05) is 29.6 Å². The summed E-state index contributed by atoms with van der Waals surface area (Å²) in [7, 11) is 0. The van der Waals surface area contributed by atoms with E-state index in [1.54, 1.807) is 29.7 Å². The molecule has 6 nitrogen and oxygen atoms in total. The van der Waals surface area contributed by atoms with Crippen molar-refractivity contribution in [3.8, 4) is 0 Å². The monoisotopic (exact) mass is 376 g/mol. The number of rotatable bonds is 4. The number of hydrogen-bond donors (Lipinski definition) is 3. The van der Waals surface area contributed by atoms with Gasteiger partial charge in [0.25, 0.3) is 0 Å². The van der Waals surface area contributed by atoms with Crippen molar-refractivity contribution in [3.63, 3.8) is 0 Å². The van der Waals surface area contributed by atoms with Crippen LogP contribution in [-0.2, 0) is 0 Å². The van der Waals surface area contributed by atoms with Crippen LogP contribution in [0.1, 0.15) is 0 Å². The van der Waals surface area contributed by atoms with Crippen molar-refractivity contribution in [2.24, 2.45) is 0 Å². The summed E-state index contributed by atoms with van der Waals surface area (Å²) in [5.41, 5.74) is 3.44. The molecule has 5 aromatic rings. The minimum Gasteiger partial charge on any atom is -0.339 e. The highest BCUT2D eigenvalue weighted by molar-refractivity contribution is 7.17. The fourth-order valence-corrected chi connectivity index (χ4v) is 3.60. The predicted molar refractivity (Wildman–Crippen MR) is 106 cm³/mol. The Balaban J connectivity index is 1.52. The van der Waals surface area contributed by atoms with Gasteiger partial charge in [-0.1, -0.05) is 0 Å². The van der Waals surface area contributed by atoms with Crippen molar-refractivity contribution in [2.45, 2.75) is 0 Å². The second-order valence-electron chi connectivity index (χ2n) is 5.96. The maximum absolute atomic E-state index is 13.1. The lowest BCUT2D eigenvalue weighted by atomic mass is 10.2. The van der Waals surface area contributed by atoms with E-state index in [9.17, 15) is 4.39 Å². The first kappa shape index (κ1) is 15.7. The van der Waals surface area contributed by atoms with Crippen LogP contribution in [-0.4, -0.2) is 20.2 Å².